The van der Waals surface area contributed by atoms with Gasteiger partial charge in [0.15, 0.2) is 0 Å². The first kappa shape index (κ1) is 24.8. The molecule has 3 N–H and O–H groups in total. The van der Waals surface area contributed by atoms with Crippen LogP contribution in [0.15, 0.2) is 24.3 Å². The zero-order chi connectivity index (χ0) is 24.6. The lowest BCUT2D eigenvalue weighted by atomic mass is 9.84. The van der Waals surface area contributed by atoms with Gasteiger partial charge in [0, 0.05) is 19.1 Å². The van der Waals surface area contributed by atoms with Gasteiger partial charge in [-0.15, -0.1) is 0 Å². The molecule has 2 saturated heterocycles. The van der Waals surface area contributed by atoms with E-state index in [-0.39, 0.29) is 18.9 Å². The van der Waals surface area contributed by atoms with Crippen LogP contribution in [0.4, 0.5) is 4.79 Å². The van der Waals surface area contributed by atoms with Crippen LogP contribution >= 0.6 is 0 Å². The second-order valence-corrected chi connectivity index (χ2v) is 9.76. The van der Waals surface area contributed by atoms with Crippen LogP contribution in [0.25, 0.3) is 0 Å². The summed E-state index contributed by atoms with van der Waals surface area (Å²) in [6, 6.07) is 5.69. The second-order valence-electron chi connectivity index (χ2n) is 9.76. The number of ether oxygens (including phenoxy) is 2. The maximum atomic E-state index is 13.4. The predicted octanol–water partition coefficient (Wildman–Crippen LogP) is 1.21. The van der Waals surface area contributed by atoms with E-state index < -0.39 is 41.4 Å². The van der Waals surface area contributed by atoms with Gasteiger partial charge in [0.25, 0.3) is 5.91 Å². The summed E-state index contributed by atoms with van der Waals surface area (Å²) in [7, 11) is 1.58. The molecule has 0 radical (unpaired) electrons. The van der Waals surface area contributed by atoms with Crippen molar-refractivity contribution in [2.45, 2.75) is 70.0 Å². The first-order chi connectivity index (χ1) is 15.4. The fourth-order valence-corrected chi connectivity index (χ4v) is 4.42. The molecule has 1 aromatic carbocycles. The Morgan fingerprint density at radius 2 is 1.91 bits per heavy atom. The van der Waals surface area contributed by atoms with Crippen LogP contribution < -0.4 is 10.1 Å². The van der Waals surface area contributed by atoms with Gasteiger partial charge in [0.05, 0.1) is 19.8 Å². The van der Waals surface area contributed by atoms with Crippen LogP contribution in [0, 0.1) is 0 Å². The molecule has 182 valence electrons. The minimum absolute atomic E-state index is 0.105. The van der Waals surface area contributed by atoms with Crippen molar-refractivity contribution in [2.75, 3.05) is 20.2 Å². The summed E-state index contributed by atoms with van der Waals surface area (Å²) in [5, 5.41) is 22.2. The number of carboxylic acids is 1. The van der Waals surface area contributed by atoms with Gasteiger partial charge in [0.2, 0.25) is 0 Å². The van der Waals surface area contributed by atoms with E-state index in [0.29, 0.717) is 13.1 Å². The second kappa shape index (κ2) is 9.18. The fourth-order valence-electron chi connectivity index (χ4n) is 4.42. The van der Waals surface area contributed by atoms with E-state index in [1.54, 1.807) is 32.8 Å². The number of hydrogen-bond acceptors (Lipinski definition) is 7. The molecule has 2 amide bonds. The molecule has 2 aliphatic heterocycles. The van der Waals surface area contributed by atoms with Gasteiger partial charge in [-0.2, -0.15) is 0 Å². The molecule has 10 nitrogen and oxygen atoms in total. The van der Waals surface area contributed by atoms with Crippen LogP contribution in [0.5, 0.6) is 5.75 Å². The lowest BCUT2D eigenvalue weighted by molar-refractivity contribution is -0.161. The average molecular weight is 464 g/mol. The number of aliphatic hydroxyl groups is 1. The Balaban J connectivity index is 1.78. The molecule has 0 aromatic heterocycles. The van der Waals surface area contributed by atoms with Crippen molar-refractivity contribution in [3.05, 3.63) is 29.8 Å². The van der Waals surface area contributed by atoms with Gasteiger partial charge in [-0.3, -0.25) is 19.8 Å². The molecule has 1 aromatic rings. The summed E-state index contributed by atoms with van der Waals surface area (Å²) in [6.45, 7) is 7.42. The zero-order valence-electron chi connectivity index (χ0n) is 19.7. The van der Waals surface area contributed by atoms with E-state index in [1.807, 2.05) is 24.3 Å². The standard InChI is InChI=1S/C23H33N3O7/c1-14(27)18(19(28)29)24-16-10-23(26(12-16)21(31)33-22(2,3)4)13-25(20(23)30)11-15-6-8-17(32-5)9-7-15/h6-9,14,16,18,24,27H,10-13H2,1-5H3,(H,28,29)/t14?,16?,18-,23?/m0/s1. The SMILES string of the molecule is COc1ccc(CN2CC3(CC(N[C@H](C(=O)O)C(C)O)CN3C(=O)OC(C)(C)C)C2=O)cc1. The minimum atomic E-state index is -1.21. The largest absolute Gasteiger partial charge is 0.497 e. The van der Waals surface area contributed by atoms with Gasteiger partial charge >= 0.3 is 12.1 Å². The monoisotopic (exact) mass is 463 g/mol. The van der Waals surface area contributed by atoms with Crippen molar-refractivity contribution in [1.29, 1.82) is 0 Å². The number of nitrogens with one attached hydrogen (secondary N) is 1. The average Bonchev–Trinajstić information content (AvgIpc) is 3.11. The molecular weight excluding hydrogens is 430 g/mol. The normalized spacial score (nSPS) is 24.4. The molecule has 0 aliphatic carbocycles. The smallest absolute Gasteiger partial charge is 0.411 e. The van der Waals surface area contributed by atoms with Crippen molar-refractivity contribution in [3.8, 4) is 5.75 Å². The lowest BCUT2D eigenvalue weighted by Crippen LogP contribution is -2.72. The van der Waals surface area contributed by atoms with Gasteiger partial charge < -0.3 is 24.6 Å². The molecule has 0 saturated carbocycles. The van der Waals surface area contributed by atoms with Crippen molar-refractivity contribution in [2.24, 2.45) is 0 Å². The first-order valence-electron chi connectivity index (χ1n) is 11.0. The van der Waals surface area contributed by atoms with Crippen LogP contribution in [0.1, 0.15) is 39.7 Å². The number of aliphatic carboxylic acids is 1. The van der Waals surface area contributed by atoms with E-state index in [1.165, 1.54) is 11.8 Å². The molecule has 33 heavy (non-hydrogen) atoms. The highest BCUT2D eigenvalue weighted by molar-refractivity contribution is 5.96. The summed E-state index contributed by atoms with van der Waals surface area (Å²) in [4.78, 5) is 40.9. The molecule has 3 unspecified atom stereocenters. The number of rotatable bonds is 7. The zero-order valence-corrected chi connectivity index (χ0v) is 19.7. The number of likely N-dealkylation sites (tertiary alicyclic amines) is 2. The Hall–Kier alpha value is -2.85. The Morgan fingerprint density at radius 3 is 2.39 bits per heavy atom. The van der Waals surface area contributed by atoms with Gasteiger partial charge in [-0.1, -0.05) is 12.1 Å². The third-order valence-corrected chi connectivity index (χ3v) is 5.95. The number of carbonyl (C=O) groups is 3. The number of β-lactam (4-membered cyclic amide) rings is 1. The number of carbonyl (C=O) groups excluding carboxylic acids is 2. The van der Waals surface area contributed by atoms with Gasteiger partial charge in [-0.05, 0) is 51.8 Å². The Kier molecular flexibility index (Phi) is 6.90. The lowest BCUT2D eigenvalue weighted by Gasteiger charge is -2.50. The number of aliphatic hydroxyl groups excluding tert-OH is 1. The van der Waals surface area contributed by atoms with Crippen LogP contribution in [0.2, 0.25) is 0 Å². The number of methoxy groups -OCH3 is 1. The first-order valence-corrected chi connectivity index (χ1v) is 11.0. The maximum Gasteiger partial charge on any atom is 0.411 e. The Morgan fingerprint density at radius 1 is 1.27 bits per heavy atom. The Bertz CT molecular complexity index is 896. The fraction of sp³-hybridized carbons (Fsp3) is 0.609. The minimum Gasteiger partial charge on any atom is -0.497 e. The predicted molar refractivity (Wildman–Crippen MR) is 119 cm³/mol. The summed E-state index contributed by atoms with van der Waals surface area (Å²) >= 11 is 0. The van der Waals surface area contributed by atoms with Crippen LogP contribution in [0.3, 0.4) is 0 Å². The van der Waals surface area contributed by atoms with Crippen LogP contribution in [-0.4, -0.2) is 87.5 Å². The molecule has 3 rings (SSSR count). The topological polar surface area (TPSA) is 129 Å². The molecule has 4 atom stereocenters. The molecule has 2 heterocycles. The third-order valence-electron chi connectivity index (χ3n) is 5.95. The molecule has 2 aliphatic rings. The van der Waals surface area contributed by atoms with Gasteiger partial charge in [0.1, 0.15) is 22.9 Å². The number of carboxylic acid groups (broad SMARTS) is 1. The highest BCUT2D eigenvalue weighted by Crippen LogP contribution is 2.41. The maximum absolute atomic E-state index is 13.4. The van der Waals surface area contributed by atoms with E-state index in [2.05, 4.69) is 5.32 Å². The van der Waals surface area contributed by atoms with E-state index in [9.17, 15) is 24.6 Å². The van der Waals surface area contributed by atoms with Gasteiger partial charge in [-0.25, -0.2) is 4.79 Å². The molecule has 0 bridgehead atoms. The molecule has 2 fully saturated rings. The quantitative estimate of drug-likeness (QED) is 0.515. The summed E-state index contributed by atoms with van der Waals surface area (Å²) in [5.74, 6) is -0.690. The van der Waals surface area contributed by atoms with Crippen molar-refractivity contribution < 1.29 is 34.1 Å². The van der Waals surface area contributed by atoms with Crippen LogP contribution in [-0.2, 0) is 20.9 Å². The molecule has 10 heteroatoms. The molecule has 1 spiro atoms. The third kappa shape index (κ3) is 5.22. The number of benzene rings is 1. The van der Waals surface area contributed by atoms with E-state index in [0.717, 1.165) is 11.3 Å². The van der Waals surface area contributed by atoms with Crippen molar-refractivity contribution >= 4 is 18.0 Å². The summed E-state index contributed by atoms with van der Waals surface area (Å²) in [6.07, 6.45) is -1.52. The number of nitrogens with zero attached hydrogens (tertiary/aromatic N) is 2. The number of hydrogen-bond donors (Lipinski definition) is 3. The van der Waals surface area contributed by atoms with Crippen molar-refractivity contribution in [1.82, 2.24) is 15.1 Å². The van der Waals surface area contributed by atoms with Crippen molar-refractivity contribution in [3.63, 3.8) is 0 Å². The highest BCUT2D eigenvalue weighted by Gasteiger charge is 2.63. The van der Waals surface area contributed by atoms with E-state index >= 15 is 0 Å². The molecular formula is C23H33N3O7. The summed E-state index contributed by atoms with van der Waals surface area (Å²) < 4.78 is 10.7. The van der Waals surface area contributed by atoms with E-state index in [4.69, 9.17) is 9.47 Å². The highest BCUT2D eigenvalue weighted by atomic mass is 16.6. The number of amides is 2. The summed E-state index contributed by atoms with van der Waals surface area (Å²) in [5.41, 5.74) is -0.924. The Labute approximate surface area is 193 Å².